The molecule has 17 nitrogen and oxygen atoms in total. The molecule has 0 bridgehead atoms. The van der Waals surface area contributed by atoms with Crippen molar-refractivity contribution < 1.29 is 83.9 Å². The van der Waals surface area contributed by atoms with Crippen molar-refractivity contribution in [2.45, 2.75) is 67.5 Å². The predicted octanol–water partition coefficient (Wildman–Crippen LogP) is -2.25. The number of phenols is 1. The molecule has 2 saturated heterocycles. The van der Waals surface area contributed by atoms with Gasteiger partial charge in [-0.05, 0) is 12.1 Å². The summed E-state index contributed by atoms with van der Waals surface area (Å²) in [5.74, 6) is 0.239. The van der Waals surface area contributed by atoms with E-state index < -0.39 is 80.7 Å². The van der Waals surface area contributed by atoms with Gasteiger partial charge in [-0.2, -0.15) is 0 Å². The third-order valence-electron chi connectivity index (χ3n) is 8.16. The number of fused-ring (bicyclic) bond motifs is 1. The molecule has 0 aliphatic carbocycles. The van der Waals surface area contributed by atoms with Gasteiger partial charge in [-0.1, -0.05) is 0 Å². The Labute approximate surface area is 267 Å². The number of benzene rings is 2. The van der Waals surface area contributed by atoms with E-state index in [1.54, 1.807) is 6.07 Å². The summed E-state index contributed by atoms with van der Waals surface area (Å²) in [7, 11) is 4.06. The van der Waals surface area contributed by atoms with E-state index in [0.29, 0.717) is 5.56 Å². The zero-order valence-electron chi connectivity index (χ0n) is 25.5. The van der Waals surface area contributed by atoms with Gasteiger partial charge in [0.15, 0.2) is 17.3 Å². The Bertz CT molecular complexity index is 1400. The van der Waals surface area contributed by atoms with Gasteiger partial charge >= 0.3 is 0 Å². The fourth-order valence-electron chi connectivity index (χ4n) is 5.48. The van der Waals surface area contributed by atoms with E-state index in [4.69, 9.17) is 37.9 Å². The molecule has 5 rings (SSSR count). The first kappa shape index (κ1) is 34.7. The number of phenolic OH excluding ortho intramolecular Hbond substituents is 1. The maximum atomic E-state index is 10.7. The second kappa shape index (κ2) is 14.2. The minimum Gasteiger partial charge on any atom is -0.571 e. The molecule has 260 valence electrons. The summed E-state index contributed by atoms with van der Waals surface area (Å²) < 4.78 is 44.0. The molecular formula is C30H39O17+. The van der Waals surface area contributed by atoms with Crippen molar-refractivity contribution in [2.75, 3.05) is 34.5 Å². The van der Waals surface area contributed by atoms with Gasteiger partial charge in [0, 0.05) is 12.1 Å². The third kappa shape index (κ3) is 6.59. The van der Waals surface area contributed by atoms with Crippen LogP contribution in [0, 0.1) is 0 Å². The normalized spacial score (nSPS) is 33.6. The number of ether oxygens (including phenoxy) is 8. The number of aliphatic hydroxyl groups excluding tert-OH is 8. The first-order valence-corrected chi connectivity index (χ1v) is 14.5. The number of aliphatic hydroxyl groups is 9. The van der Waals surface area contributed by atoms with E-state index in [1.807, 2.05) is 0 Å². The molecule has 0 saturated carbocycles. The van der Waals surface area contributed by atoms with Crippen LogP contribution in [-0.2, 0) is 14.2 Å². The Morgan fingerprint density at radius 3 is 1.68 bits per heavy atom. The summed E-state index contributed by atoms with van der Waals surface area (Å²) in [6.45, 7) is -1.39. The highest BCUT2D eigenvalue weighted by atomic mass is 16.7. The largest absolute Gasteiger partial charge is 0.571 e. The second-order valence-electron chi connectivity index (χ2n) is 11.0. The van der Waals surface area contributed by atoms with Crippen LogP contribution in [0.4, 0.5) is 0 Å². The highest BCUT2D eigenvalue weighted by Gasteiger charge is 2.48. The minimum absolute atomic E-state index is 0.0124. The van der Waals surface area contributed by atoms with Crippen LogP contribution < -0.4 is 18.9 Å². The lowest BCUT2D eigenvalue weighted by atomic mass is 9.98. The Morgan fingerprint density at radius 2 is 1.19 bits per heavy atom. The van der Waals surface area contributed by atoms with Crippen molar-refractivity contribution in [3.8, 4) is 34.5 Å². The molecule has 47 heavy (non-hydrogen) atoms. The molecule has 0 radical (unpaired) electrons. The highest BCUT2D eigenvalue weighted by Crippen LogP contribution is 2.49. The molecule has 0 amide bonds. The molecule has 3 aliphatic heterocycles. The van der Waals surface area contributed by atoms with Crippen molar-refractivity contribution in [1.29, 1.82) is 0 Å². The van der Waals surface area contributed by atoms with Crippen molar-refractivity contribution in [3.05, 3.63) is 41.2 Å². The fourth-order valence-corrected chi connectivity index (χ4v) is 5.48. The highest BCUT2D eigenvalue weighted by molar-refractivity contribution is 5.70. The van der Waals surface area contributed by atoms with Crippen molar-refractivity contribution in [2.24, 2.45) is 0 Å². The molecule has 1 unspecified atom stereocenters. The monoisotopic (exact) mass is 671 g/mol. The standard InChI is InChI=1S/C30H38O17/c1-40-12-6-14-13(15(7-12)44-29-26(38)24(36)22(34)19(9-31)46-29)8-18(45-30-27(39)25(37)23(35)20(10-32)47-30)28(43-14)11-4-16(41-2)21(33)17(5-11)42-3/h4-8,19-20,22-39H,9-10H2,1-3H3/p+1/t19-,20+,22+,23+,24-,25+,26-,27-,28?,29+,30+/m0/s1. The van der Waals surface area contributed by atoms with Crippen LogP contribution in [0.15, 0.2) is 30.0 Å². The van der Waals surface area contributed by atoms with Crippen molar-refractivity contribution in [3.63, 3.8) is 0 Å². The lowest BCUT2D eigenvalue weighted by Crippen LogP contribution is -2.60. The Hall–Kier alpha value is -3.62. The topological polar surface area (TPSA) is 259 Å². The van der Waals surface area contributed by atoms with E-state index in [9.17, 15) is 46.0 Å². The van der Waals surface area contributed by atoms with E-state index >= 15 is 0 Å². The second-order valence-corrected chi connectivity index (χ2v) is 11.0. The predicted molar refractivity (Wildman–Crippen MR) is 156 cm³/mol. The lowest BCUT2D eigenvalue weighted by Gasteiger charge is -2.41. The average molecular weight is 672 g/mol. The van der Waals surface area contributed by atoms with Gasteiger partial charge in [0.2, 0.25) is 18.3 Å². The zero-order chi connectivity index (χ0) is 34.2. The van der Waals surface area contributed by atoms with Crippen LogP contribution in [0.25, 0.3) is 6.08 Å². The molecule has 0 aromatic heterocycles. The summed E-state index contributed by atoms with van der Waals surface area (Å²) in [6.07, 6.45) is -15.6. The molecule has 3 heterocycles. The number of methoxy groups -OCH3 is 3. The molecule has 0 spiro atoms. The van der Waals surface area contributed by atoms with E-state index in [1.165, 1.54) is 45.6 Å². The van der Waals surface area contributed by atoms with Crippen LogP contribution in [0.3, 0.4) is 0 Å². The maximum Gasteiger partial charge on any atom is 0.270 e. The quantitative estimate of drug-likeness (QED) is 0.121. The van der Waals surface area contributed by atoms with Crippen LogP contribution in [-0.4, -0.2) is 147 Å². The van der Waals surface area contributed by atoms with Crippen molar-refractivity contribution in [1.82, 2.24) is 0 Å². The number of hydrogen-bond donors (Lipinski definition) is 9. The summed E-state index contributed by atoms with van der Waals surface area (Å²) in [5, 5.41) is 92.4. The van der Waals surface area contributed by atoms with Crippen molar-refractivity contribution >= 4 is 6.08 Å². The Morgan fingerprint density at radius 1 is 0.660 bits per heavy atom. The van der Waals surface area contributed by atoms with Gasteiger partial charge in [-0.15, -0.1) is 0 Å². The molecular weight excluding hydrogens is 632 g/mol. The van der Waals surface area contributed by atoms with Crippen LogP contribution in [0.1, 0.15) is 17.2 Å². The maximum absolute atomic E-state index is 10.7. The fraction of sp³-hybridized carbons (Fsp3) is 0.533. The summed E-state index contributed by atoms with van der Waals surface area (Å²) >= 11 is 0. The summed E-state index contributed by atoms with van der Waals surface area (Å²) in [6, 6.07) is 5.91. The van der Waals surface area contributed by atoms with Gasteiger partial charge in [0.1, 0.15) is 65.9 Å². The molecule has 2 fully saturated rings. The van der Waals surface area contributed by atoms with E-state index in [2.05, 4.69) is 0 Å². The molecule has 11 atom stereocenters. The Balaban J connectivity index is 1.61. The first-order valence-electron chi connectivity index (χ1n) is 14.5. The average Bonchev–Trinajstić information content (AvgIpc) is 3.08. The van der Waals surface area contributed by atoms with Gasteiger partial charge in [0.25, 0.3) is 11.9 Å². The first-order chi connectivity index (χ1) is 22.4. The molecule has 3 aliphatic rings. The smallest absolute Gasteiger partial charge is 0.270 e. The van der Waals surface area contributed by atoms with Crippen LogP contribution in [0.5, 0.6) is 34.5 Å². The molecule has 17 heteroatoms. The summed E-state index contributed by atoms with van der Waals surface area (Å²) in [5.41, 5.74) is 0.577. The number of aromatic hydroxyl groups is 2. The Kier molecular flexibility index (Phi) is 10.5. The lowest BCUT2D eigenvalue weighted by molar-refractivity contribution is -0.295. The number of hydrogen-bond acceptors (Lipinski definition) is 16. The molecule has 2 aromatic carbocycles. The van der Waals surface area contributed by atoms with E-state index in [0.717, 1.165) is 0 Å². The van der Waals surface area contributed by atoms with Crippen LogP contribution in [0.2, 0.25) is 0 Å². The third-order valence-corrected chi connectivity index (χ3v) is 8.16. The molecule has 10 N–H and O–H groups in total. The molecule has 2 aromatic rings. The van der Waals surface area contributed by atoms with Gasteiger partial charge in [-0.3, -0.25) is 0 Å². The van der Waals surface area contributed by atoms with Gasteiger partial charge in [0.05, 0.1) is 46.2 Å². The SMILES string of the molecule is COc1cc(O[C@@H]2O[C@@H](CO)[C@@H](O)[C@H](O)[C@@H]2O)c2c(c1)[OH+]C(c1cc(OC)c(O)c(OC)c1)C(O[C@@H]1O[C@H](CO)[C@@H](O)[C@@H](O)[C@@H]1O)=C2. The van der Waals surface area contributed by atoms with Gasteiger partial charge < -0.3 is 83.9 Å². The zero-order valence-corrected chi connectivity index (χ0v) is 25.5. The van der Waals surface area contributed by atoms with Gasteiger partial charge in [-0.25, -0.2) is 0 Å². The minimum atomic E-state index is -1.78. The van der Waals surface area contributed by atoms with Crippen LogP contribution >= 0.6 is 0 Å². The summed E-state index contributed by atoms with van der Waals surface area (Å²) in [4.78, 5) is 0. The number of rotatable bonds is 10. The van der Waals surface area contributed by atoms with E-state index in [-0.39, 0.29) is 45.8 Å².